The molecular formula is C23H23N5O3S. The molecule has 2 fully saturated rings. The lowest BCUT2D eigenvalue weighted by Crippen LogP contribution is -2.12. The molecule has 164 valence electrons. The highest BCUT2D eigenvalue weighted by atomic mass is 32.2. The van der Waals surface area contributed by atoms with E-state index in [1.807, 2.05) is 24.3 Å². The molecule has 2 aliphatic rings. The fourth-order valence-corrected chi connectivity index (χ4v) is 4.58. The summed E-state index contributed by atoms with van der Waals surface area (Å²) in [6.07, 6.45) is 7.39. The van der Waals surface area contributed by atoms with E-state index in [0.29, 0.717) is 40.6 Å². The topological polar surface area (TPSA) is 105 Å². The van der Waals surface area contributed by atoms with Crippen LogP contribution in [0.2, 0.25) is 0 Å². The van der Waals surface area contributed by atoms with Gasteiger partial charge in [0.15, 0.2) is 15.5 Å². The van der Waals surface area contributed by atoms with Crippen molar-refractivity contribution >= 4 is 33.3 Å². The van der Waals surface area contributed by atoms with Crippen molar-refractivity contribution in [1.82, 2.24) is 19.9 Å². The average Bonchev–Trinajstić information content (AvgIpc) is 3.35. The number of fused-ring (bicyclic) bond motifs is 1. The van der Waals surface area contributed by atoms with Gasteiger partial charge in [0.2, 0.25) is 0 Å². The number of hydrogen-bond acceptors (Lipinski definition) is 6. The van der Waals surface area contributed by atoms with Gasteiger partial charge in [-0.3, -0.25) is 4.79 Å². The zero-order valence-electron chi connectivity index (χ0n) is 17.6. The fraction of sp³-hybridized carbons (Fsp3) is 0.261. The molecule has 8 nitrogen and oxygen atoms in total. The van der Waals surface area contributed by atoms with Gasteiger partial charge in [-0.25, -0.2) is 13.4 Å². The molecule has 3 aromatic rings. The molecule has 1 aliphatic heterocycles. The van der Waals surface area contributed by atoms with Crippen LogP contribution in [0.25, 0.3) is 23.0 Å². The quantitative estimate of drug-likeness (QED) is 0.561. The molecule has 1 saturated carbocycles. The average molecular weight is 450 g/mol. The molecule has 0 spiro atoms. The summed E-state index contributed by atoms with van der Waals surface area (Å²) in [4.78, 5) is 17.0. The summed E-state index contributed by atoms with van der Waals surface area (Å²) in [6, 6.07) is 9.73. The monoisotopic (exact) mass is 449 g/mol. The number of amides is 1. The molecular weight excluding hydrogens is 426 g/mol. The van der Waals surface area contributed by atoms with Crippen molar-refractivity contribution in [3.8, 4) is 11.3 Å². The Morgan fingerprint density at radius 1 is 1.31 bits per heavy atom. The number of allylic oxidation sites excluding steroid dienone is 1. The Bertz CT molecular complexity index is 1400. The van der Waals surface area contributed by atoms with E-state index in [2.05, 4.69) is 22.3 Å². The highest BCUT2D eigenvalue weighted by Crippen LogP contribution is 2.30. The maximum Gasteiger partial charge on any atom is 0.251 e. The molecule has 0 bridgehead atoms. The second kappa shape index (κ2) is 7.59. The molecule has 2 N–H and O–H groups in total. The van der Waals surface area contributed by atoms with E-state index in [-0.39, 0.29) is 11.7 Å². The van der Waals surface area contributed by atoms with E-state index in [0.717, 1.165) is 29.8 Å². The van der Waals surface area contributed by atoms with Gasteiger partial charge in [-0.05, 0) is 30.5 Å². The number of anilines is 1. The first-order valence-electron chi connectivity index (χ1n) is 10.4. The summed E-state index contributed by atoms with van der Waals surface area (Å²) in [7, 11) is -3.15. The normalized spacial score (nSPS) is 17.8. The summed E-state index contributed by atoms with van der Waals surface area (Å²) >= 11 is 0. The predicted molar refractivity (Wildman–Crippen MR) is 123 cm³/mol. The van der Waals surface area contributed by atoms with Crippen molar-refractivity contribution in [1.29, 1.82) is 0 Å². The summed E-state index contributed by atoms with van der Waals surface area (Å²) < 4.78 is 25.2. The van der Waals surface area contributed by atoms with Gasteiger partial charge < -0.3 is 10.6 Å². The first-order valence-corrected chi connectivity index (χ1v) is 12.4. The van der Waals surface area contributed by atoms with Crippen molar-refractivity contribution in [2.45, 2.75) is 31.1 Å². The van der Waals surface area contributed by atoms with Gasteiger partial charge in [0.1, 0.15) is 5.82 Å². The Balaban J connectivity index is 1.62. The van der Waals surface area contributed by atoms with E-state index >= 15 is 0 Å². The number of benzene rings is 1. The lowest BCUT2D eigenvalue weighted by molar-refractivity contribution is -0.115. The van der Waals surface area contributed by atoms with Gasteiger partial charge in [-0.2, -0.15) is 9.61 Å². The lowest BCUT2D eigenvalue weighted by Gasteiger charge is -2.11. The van der Waals surface area contributed by atoms with Crippen LogP contribution in [-0.4, -0.2) is 41.2 Å². The number of carbonyl (C=O) groups excluding carboxylic acids is 1. The molecule has 0 radical (unpaired) electrons. The summed E-state index contributed by atoms with van der Waals surface area (Å²) in [5, 5.41) is 10.7. The number of rotatable bonds is 6. The van der Waals surface area contributed by atoms with Crippen molar-refractivity contribution in [2.75, 3.05) is 11.6 Å². The van der Waals surface area contributed by atoms with Gasteiger partial charge in [0.25, 0.3) is 5.91 Å². The number of sulfone groups is 1. The molecule has 2 aromatic heterocycles. The van der Waals surface area contributed by atoms with Crippen LogP contribution in [0.15, 0.2) is 54.4 Å². The van der Waals surface area contributed by atoms with Crippen molar-refractivity contribution in [3.63, 3.8) is 0 Å². The largest absolute Gasteiger partial charge is 0.367 e. The predicted octanol–water partition coefficient (Wildman–Crippen LogP) is 2.93. The third-order valence-corrected chi connectivity index (χ3v) is 6.25. The molecule has 5 rings (SSSR count). The van der Waals surface area contributed by atoms with Crippen LogP contribution in [0.4, 0.5) is 5.82 Å². The zero-order valence-corrected chi connectivity index (χ0v) is 18.4. The van der Waals surface area contributed by atoms with Gasteiger partial charge in [0.05, 0.1) is 17.6 Å². The van der Waals surface area contributed by atoms with Gasteiger partial charge in [-0.15, -0.1) is 0 Å². The van der Waals surface area contributed by atoms with E-state index in [9.17, 15) is 13.2 Å². The molecule has 1 aliphatic carbocycles. The maximum atomic E-state index is 12.2. The SMILES string of the molecule is C=C1C/C(=C\c2cnn3c(NC4CC4)cc(-c4cccc(CS(C)(=O)=O)c4)nc23)C(=O)N1. The summed E-state index contributed by atoms with van der Waals surface area (Å²) in [5.74, 6) is 0.625. The molecule has 3 heterocycles. The second-order valence-electron chi connectivity index (χ2n) is 8.46. The molecule has 1 saturated heterocycles. The first-order chi connectivity index (χ1) is 15.2. The number of hydrogen-bond donors (Lipinski definition) is 2. The van der Waals surface area contributed by atoms with Crippen LogP contribution in [0.5, 0.6) is 0 Å². The Hall–Kier alpha value is -3.46. The first kappa shape index (κ1) is 20.4. The summed E-state index contributed by atoms with van der Waals surface area (Å²) in [6.45, 7) is 3.83. The van der Waals surface area contributed by atoms with Crippen molar-refractivity contribution in [2.24, 2.45) is 0 Å². The third-order valence-electron chi connectivity index (χ3n) is 5.40. The Labute approximate surface area is 186 Å². The minimum absolute atomic E-state index is 0.0285. The molecule has 9 heteroatoms. The lowest BCUT2D eigenvalue weighted by atomic mass is 10.1. The Kier molecular flexibility index (Phi) is 4.85. The van der Waals surface area contributed by atoms with Gasteiger partial charge in [0, 0.05) is 47.2 Å². The molecule has 32 heavy (non-hydrogen) atoms. The van der Waals surface area contributed by atoms with Crippen LogP contribution in [0.1, 0.15) is 30.4 Å². The van der Waals surface area contributed by atoms with E-state index < -0.39 is 9.84 Å². The highest BCUT2D eigenvalue weighted by Gasteiger charge is 2.24. The number of aromatic nitrogens is 3. The van der Waals surface area contributed by atoms with Crippen molar-refractivity contribution < 1.29 is 13.2 Å². The minimum atomic E-state index is -3.15. The fourth-order valence-electron chi connectivity index (χ4n) is 3.79. The molecule has 0 atom stereocenters. The molecule has 0 unspecified atom stereocenters. The van der Waals surface area contributed by atoms with Crippen LogP contribution in [0, 0.1) is 0 Å². The third kappa shape index (κ3) is 4.29. The van der Waals surface area contributed by atoms with Gasteiger partial charge >= 0.3 is 0 Å². The Morgan fingerprint density at radius 3 is 2.81 bits per heavy atom. The standard InChI is InChI=1S/C23H23N5O3S/c1-14-8-17(23(29)25-14)10-18-12-24-28-21(26-19-6-7-19)11-20(27-22(18)28)16-5-3-4-15(9-16)13-32(2,30)31/h3-5,9-12,19,26H,1,6-8,13H2,2H3,(H,25,29)/b17-10+. The van der Waals surface area contributed by atoms with E-state index in [1.54, 1.807) is 22.9 Å². The maximum absolute atomic E-state index is 12.2. The van der Waals surface area contributed by atoms with Crippen LogP contribution in [0.3, 0.4) is 0 Å². The highest BCUT2D eigenvalue weighted by molar-refractivity contribution is 7.89. The summed E-state index contributed by atoms with van der Waals surface area (Å²) in [5.41, 5.74) is 4.88. The minimum Gasteiger partial charge on any atom is -0.367 e. The number of nitrogens with zero attached hydrogens (tertiary/aromatic N) is 3. The zero-order chi connectivity index (χ0) is 22.5. The van der Waals surface area contributed by atoms with Crippen LogP contribution < -0.4 is 10.6 Å². The van der Waals surface area contributed by atoms with Crippen LogP contribution >= 0.6 is 0 Å². The van der Waals surface area contributed by atoms with E-state index in [4.69, 9.17) is 4.98 Å². The molecule has 1 aromatic carbocycles. The number of carbonyl (C=O) groups is 1. The Morgan fingerprint density at radius 2 is 2.12 bits per heavy atom. The smallest absolute Gasteiger partial charge is 0.251 e. The van der Waals surface area contributed by atoms with Crippen LogP contribution in [-0.2, 0) is 20.4 Å². The van der Waals surface area contributed by atoms with Gasteiger partial charge in [-0.1, -0.05) is 24.8 Å². The van der Waals surface area contributed by atoms with Crippen molar-refractivity contribution in [3.05, 3.63) is 65.5 Å². The van der Waals surface area contributed by atoms with E-state index in [1.165, 1.54) is 6.26 Å². The molecule has 1 amide bonds. The second-order valence-corrected chi connectivity index (χ2v) is 10.6. The number of nitrogens with one attached hydrogen (secondary N) is 2.